The number of hydrogen-bond donors (Lipinski definition) is 1. The smallest absolute Gasteiger partial charge is 0.178 e. The highest BCUT2D eigenvalue weighted by molar-refractivity contribution is 6.04. The molecular formula is C19H22N2O2. The number of aromatic nitrogens is 1. The second-order valence-electron chi connectivity index (χ2n) is 7.77. The topological polar surface area (TPSA) is 74.0 Å². The summed E-state index contributed by atoms with van der Waals surface area (Å²) in [4.78, 5) is 16.7. The molecule has 1 heterocycles. The molecule has 23 heavy (non-hydrogen) atoms. The Morgan fingerprint density at radius 2 is 2.13 bits per heavy atom. The first-order valence-corrected chi connectivity index (χ1v) is 8.04. The van der Waals surface area contributed by atoms with Crippen LogP contribution in [0.25, 0.3) is 0 Å². The van der Waals surface area contributed by atoms with Crippen LogP contribution < -0.4 is 0 Å². The van der Waals surface area contributed by atoms with E-state index in [1.165, 1.54) is 0 Å². The number of rotatable bonds is 1. The van der Waals surface area contributed by atoms with Crippen LogP contribution in [0, 0.1) is 28.1 Å². The zero-order valence-corrected chi connectivity index (χ0v) is 13.8. The van der Waals surface area contributed by atoms with Gasteiger partial charge in [0.25, 0.3) is 0 Å². The van der Waals surface area contributed by atoms with Gasteiger partial charge in [0.15, 0.2) is 5.78 Å². The van der Waals surface area contributed by atoms with Gasteiger partial charge in [-0.2, -0.15) is 5.26 Å². The molecule has 2 aliphatic rings. The van der Waals surface area contributed by atoms with Crippen LogP contribution in [-0.4, -0.2) is 15.9 Å². The number of carbonyl (C=O) groups is 1. The molecule has 0 radical (unpaired) electrons. The predicted molar refractivity (Wildman–Crippen MR) is 86.1 cm³/mol. The van der Waals surface area contributed by atoms with Gasteiger partial charge in [-0.25, -0.2) is 0 Å². The van der Waals surface area contributed by atoms with Crippen molar-refractivity contribution in [3.05, 3.63) is 41.7 Å². The van der Waals surface area contributed by atoms with E-state index in [9.17, 15) is 15.2 Å². The zero-order chi connectivity index (χ0) is 16.9. The number of nitriles is 1. The quantitative estimate of drug-likeness (QED) is 0.864. The van der Waals surface area contributed by atoms with E-state index in [-0.39, 0.29) is 22.7 Å². The van der Waals surface area contributed by atoms with Crippen molar-refractivity contribution in [2.24, 2.45) is 16.7 Å². The number of aliphatic hydroxyl groups is 1. The monoisotopic (exact) mass is 310 g/mol. The number of allylic oxidation sites excluding steroid dienone is 2. The molecule has 0 aliphatic heterocycles. The van der Waals surface area contributed by atoms with Gasteiger partial charge in [-0.3, -0.25) is 9.78 Å². The standard InChI is InChI=1S/C19H22N2O2/c1-17(2)15-6-7-19(23,14-5-4-8-21-11-14)12-18(15,3)9-13(10-20)16(17)22/h4-5,8-9,11,15,23H,6-7,12H2,1-3H3/t15-,18-,19-/m1/s1. The number of fused-ring (bicyclic) bond motifs is 1. The van der Waals surface area contributed by atoms with Crippen molar-refractivity contribution in [3.63, 3.8) is 0 Å². The van der Waals surface area contributed by atoms with Gasteiger partial charge in [-0.15, -0.1) is 0 Å². The third-order valence-electron chi connectivity index (χ3n) is 5.81. The summed E-state index contributed by atoms with van der Waals surface area (Å²) in [6.07, 6.45) is 7.04. The number of pyridine rings is 1. The van der Waals surface area contributed by atoms with Crippen LogP contribution in [0.4, 0.5) is 0 Å². The third-order valence-corrected chi connectivity index (χ3v) is 5.81. The number of carbonyl (C=O) groups excluding carboxylic acids is 1. The Morgan fingerprint density at radius 1 is 1.39 bits per heavy atom. The summed E-state index contributed by atoms with van der Waals surface area (Å²) in [6, 6.07) is 5.77. The average Bonchev–Trinajstić information content (AvgIpc) is 2.51. The lowest BCUT2D eigenvalue weighted by Gasteiger charge is -2.54. The van der Waals surface area contributed by atoms with Crippen molar-refractivity contribution in [1.29, 1.82) is 5.26 Å². The zero-order valence-electron chi connectivity index (χ0n) is 13.8. The van der Waals surface area contributed by atoms with E-state index in [0.717, 1.165) is 12.0 Å². The largest absolute Gasteiger partial charge is 0.385 e. The Morgan fingerprint density at radius 3 is 2.74 bits per heavy atom. The molecule has 1 aromatic rings. The third kappa shape index (κ3) is 2.31. The minimum absolute atomic E-state index is 0.0747. The lowest BCUT2D eigenvalue weighted by molar-refractivity contribution is -0.138. The molecule has 120 valence electrons. The summed E-state index contributed by atoms with van der Waals surface area (Å²) in [5, 5.41) is 20.5. The second kappa shape index (κ2) is 5.01. The summed E-state index contributed by atoms with van der Waals surface area (Å²) in [7, 11) is 0. The van der Waals surface area contributed by atoms with E-state index in [4.69, 9.17) is 0 Å². The molecular weight excluding hydrogens is 288 g/mol. The van der Waals surface area contributed by atoms with Crippen LogP contribution in [0.15, 0.2) is 36.2 Å². The molecule has 0 amide bonds. The van der Waals surface area contributed by atoms with Gasteiger partial charge in [-0.05, 0) is 36.7 Å². The van der Waals surface area contributed by atoms with Gasteiger partial charge in [0, 0.05) is 23.4 Å². The SMILES string of the molecule is CC1(C)C(=O)C(C#N)=C[C@]2(C)C[C@@](O)(c3cccnc3)CC[C@H]12. The van der Waals surface area contributed by atoms with Crippen LogP contribution in [-0.2, 0) is 10.4 Å². The minimum Gasteiger partial charge on any atom is -0.385 e. The first-order valence-electron chi connectivity index (χ1n) is 8.04. The Kier molecular flexibility index (Phi) is 3.46. The van der Waals surface area contributed by atoms with Crippen LogP contribution in [0.3, 0.4) is 0 Å². The molecule has 1 saturated carbocycles. The van der Waals surface area contributed by atoms with Crippen LogP contribution in [0.5, 0.6) is 0 Å². The molecule has 1 fully saturated rings. The van der Waals surface area contributed by atoms with Crippen molar-refractivity contribution in [2.45, 2.75) is 45.6 Å². The highest BCUT2D eigenvalue weighted by Crippen LogP contribution is 2.59. The maximum Gasteiger partial charge on any atom is 0.178 e. The molecule has 0 unspecified atom stereocenters. The maximum atomic E-state index is 12.5. The highest BCUT2D eigenvalue weighted by Gasteiger charge is 2.56. The predicted octanol–water partition coefficient (Wildman–Crippen LogP) is 3.13. The summed E-state index contributed by atoms with van der Waals surface area (Å²) in [5.41, 5.74) is -0.895. The fraction of sp³-hybridized carbons (Fsp3) is 0.526. The van der Waals surface area contributed by atoms with Crippen molar-refractivity contribution in [1.82, 2.24) is 4.98 Å². The minimum atomic E-state index is -0.965. The number of Topliss-reactive ketones (excluding diaryl/α,β-unsaturated/α-hetero) is 1. The second-order valence-corrected chi connectivity index (χ2v) is 7.77. The van der Waals surface area contributed by atoms with Gasteiger partial charge >= 0.3 is 0 Å². The van der Waals surface area contributed by atoms with Crippen LogP contribution in [0.2, 0.25) is 0 Å². The molecule has 0 spiro atoms. The van der Waals surface area contributed by atoms with Crippen molar-refractivity contribution < 1.29 is 9.90 Å². The van der Waals surface area contributed by atoms with Gasteiger partial charge in [0.1, 0.15) is 6.07 Å². The van der Waals surface area contributed by atoms with E-state index in [2.05, 4.69) is 18.0 Å². The Bertz CT molecular complexity index is 717. The van der Waals surface area contributed by atoms with Gasteiger partial charge in [-0.1, -0.05) is 32.9 Å². The summed E-state index contributed by atoms with van der Waals surface area (Å²) in [5.74, 6) is 0.0471. The van der Waals surface area contributed by atoms with Gasteiger partial charge in [0.2, 0.25) is 0 Å². The molecule has 3 atom stereocenters. The Hall–Kier alpha value is -1.99. The number of ketones is 1. The summed E-state index contributed by atoms with van der Waals surface area (Å²) >= 11 is 0. The lowest BCUT2D eigenvalue weighted by atomic mass is 9.50. The van der Waals surface area contributed by atoms with E-state index in [1.807, 2.05) is 26.0 Å². The molecule has 4 heteroatoms. The summed E-state index contributed by atoms with van der Waals surface area (Å²) < 4.78 is 0. The average molecular weight is 310 g/mol. The van der Waals surface area contributed by atoms with E-state index >= 15 is 0 Å². The molecule has 2 aliphatic carbocycles. The molecule has 0 aromatic carbocycles. The number of hydrogen-bond acceptors (Lipinski definition) is 4. The van der Waals surface area contributed by atoms with Crippen LogP contribution >= 0.6 is 0 Å². The fourth-order valence-corrected chi connectivity index (χ4v) is 4.76. The Labute approximate surface area is 136 Å². The van der Waals surface area contributed by atoms with Crippen molar-refractivity contribution in [3.8, 4) is 6.07 Å². The van der Waals surface area contributed by atoms with Gasteiger partial charge < -0.3 is 5.11 Å². The van der Waals surface area contributed by atoms with Crippen molar-refractivity contribution >= 4 is 5.78 Å². The van der Waals surface area contributed by atoms with E-state index < -0.39 is 11.0 Å². The molecule has 0 saturated heterocycles. The molecule has 3 rings (SSSR count). The van der Waals surface area contributed by atoms with E-state index in [0.29, 0.717) is 12.8 Å². The van der Waals surface area contributed by atoms with Crippen molar-refractivity contribution in [2.75, 3.05) is 0 Å². The number of nitrogens with zero attached hydrogens (tertiary/aromatic N) is 2. The first kappa shape index (κ1) is 15.9. The Balaban J connectivity index is 2.06. The normalized spacial score (nSPS) is 35.9. The molecule has 1 aromatic heterocycles. The van der Waals surface area contributed by atoms with E-state index in [1.54, 1.807) is 18.5 Å². The fourth-order valence-electron chi connectivity index (χ4n) is 4.76. The van der Waals surface area contributed by atoms with Crippen LogP contribution in [0.1, 0.15) is 45.6 Å². The first-order chi connectivity index (χ1) is 10.7. The highest BCUT2D eigenvalue weighted by atomic mass is 16.3. The molecule has 1 N–H and O–H groups in total. The maximum absolute atomic E-state index is 12.5. The van der Waals surface area contributed by atoms with Gasteiger partial charge in [0.05, 0.1) is 11.2 Å². The molecule has 4 nitrogen and oxygen atoms in total. The lowest BCUT2D eigenvalue weighted by Crippen LogP contribution is -2.52. The summed E-state index contributed by atoms with van der Waals surface area (Å²) in [6.45, 7) is 5.91. The molecule has 0 bridgehead atoms.